The molecule has 1 aliphatic heterocycles. The van der Waals surface area contributed by atoms with Gasteiger partial charge < -0.3 is 4.74 Å². The summed E-state index contributed by atoms with van der Waals surface area (Å²) >= 11 is 6.08. The van der Waals surface area contributed by atoms with Gasteiger partial charge in [-0.25, -0.2) is 15.0 Å². The predicted octanol–water partition coefficient (Wildman–Crippen LogP) is 3.81. The minimum atomic E-state index is -0.186. The molecule has 0 amide bonds. The molecule has 32 heavy (non-hydrogen) atoms. The van der Waals surface area contributed by atoms with Crippen molar-refractivity contribution < 1.29 is 4.74 Å². The van der Waals surface area contributed by atoms with Crippen LogP contribution in [0.3, 0.4) is 0 Å². The molecule has 1 saturated heterocycles. The highest BCUT2D eigenvalue weighted by Crippen LogP contribution is 2.36. The lowest BCUT2D eigenvalue weighted by Gasteiger charge is -2.28. The lowest BCUT2D eigenvalue weighted by Crippen LogP contribution is -2.30. The molecule has 8 nitrogen and oxygen atoms in total. The molecule has 1 aliphatic rings. The van der Waals surface area contributed by atoms with Crippen molar-refractivity contribution in [2.24, 2.45) is 7.05 Å². The van der Waals surface area contributed by atoms with Crippen LogP contribution in [0.5, 0.6) is 0 Å². The number of aromatic nitrogens is 6. The molecular formula is C23H23ClN6O2. The third kappa shape index (κ3) is 3.69. The summed E-state index contributed by atoms with van der Waals surface area (Å²) in [6.45, 7) is 4.32. The number of nitrogens with zero attached hydrogens (tertiary/aromatic N) is 6. The van der Waals surface area contributed by atoms with Crippen LogP contribution in [0.4, 0.5) is 0 Å². The van der Waals surface area contributed by atoms with E-state index in [9.17, 15) is 4.79 Å². The second-order valence-corrected chi connectivity index (χ2v) is 8.62. The molecule has 0 bridgehead atoms. The standard InChI is InChI=1S/C23H23ClN6O2/c1-13-14(2)27-22-21(26-13)28-20(23(31)30(22)18-6-4-17(24)5-7-18)15-8-9-32-19(10-15)16-11-25-29(3)12-16/h4-7,11-12,15,19H,8-10H2,1-3H3/t15-,19+/m0/s1. The van der Waals surface area contributed by atoms with E-state index in [-0.39, 0.29) is 17.6 Å². The van der Waals surface area contributed by atoms with E-state index < -0.39 is 0 Å². The van der Waals surface area contributed by atoms with Gasteiger partial charge in [0, 0.05) is 36.4 Å². The van der Waals surface area contributed by atoms with Gasteiger partial charge in [-0.05, 0) is 51.0 Å². The van der Waals surface area contributed by atoms with Gasteiger partial charge >= 0.3 is 0 Å². The monoisotopic (exact) mass is 450 g/mol. The summed E-state index contributed by atoms with van der Waals surface area (Å²) < 4.78 is 9.34. The number of hydrogen-bond acceptors (Lipinski definition) is 6. The molecule has 1 aromatic carbocycles. The molecule has 4 heterocycles. The van der Waals surface area contributed by atoms with Crippen LogP contribution >= 0.6 is 11.6 Å². The Morgan fingerprint density at radius 2 is 1.84 bits per heavy atom. The number of fused-ring (bicyclic) bond motifs is 1. The molecular weight excluding hydrogens is 428 g/mol. The topological polar surface area (TPSA) is 87.7 Å². The maximum atomic E-state index is 13.8. The Hall–Kier alpha value is -3.10. The van der Waals surface area contributed by atoms with Crippen LogP contribution in [-0.2, 0) is 11.8 Å². The van der Waals surface area contributed by atoms with Crippen molar-refractivity contribution in [3.63, 3.8) is 0 Å². The summed E-state index contributed by atoms with van der Waals surface area (Å²) in [6.07, 6.45) is 4.99. The molecule has 0 N–H and O–H groups in total. The minimum absolute atomic E-state index is 0.0622. The average molecular weight is 451 g/mol. The lowest BCUT2D eigenvalue weighted by molar-refractivity contribution is 0.00440. The third-order valence-corrected chi connectivity index (χ3v) is 6.24. The number of ether oxygens (including phenoxy) is 1. The highest BCUT2D eigenvalue weighted by molar-refractivity contribution is 6.30. The fourth-order valence-corrected chi connectivity index (χ4v) is 4.28. The zero-order chi connectivity index (χ0) is 22.4. The summed E-state index contributed by atoms with van der Waals surface area (Å²) in [5.41, 5.74) is 4.44. The Bertz CT molecular complexity index is 1360. The van der Waals surface area contributed by atoms with Crippen molar-refractivity contribution >= 4 is 22.9 Å². The predicted molar refractivity (Wildman–Crippen MR) is 121 cm³/mol. The second-order valence-electron chi connectivity index (χ2n) is 8.18. The summed E-state index contributed by atoms with van der Waals surface area (Å²) in [5.74, 6) is -0.0622. The van der Waals surface area contributed by atoms with Gasteiger partial charge in [0.2, 0.25) is 0 Å². The Morgan fingerprint density at radius 1 is 1.09 bits per heavy atom. The van der Waals surface area contributed by atoms with Crippen LogP contribution < -0.4 is 5.56 Å². The molecule has 9 heteroatoms. The van der Waals surface area contributed by atoms with Gasteiger partial charge in [-0.1, -0.05) is 11.6 Å². The van der Waals surface area contributed by atoms with Gasteiger partial charge in [0.05, 0.1) is 29.4 Å². The van der Waals surface area contributed by atoms with Crippen LogP contribution in [0.2, 0.25) is 5.02 Å². The van der Waals surface area contributed by atoms with E-state index in [1.165, 1.54) is 0 Å². The van der Waals surface area contributed by atoms with Crippen LogP contribution in [0.25, 0.3) is 17.0 Å². The Labute approximate surface area is 189 Å². The molecule has 0 unspecified atom stereocenters. The molecule has 3 aromatic heterocycles. The second kappa shape index (κ2) is 8.11. The van der Waals surface area contributed by atoms with Crippen LogP contribution in [-0.4, -0.2) is 35.9 Å². The Morgan fingerprint density at radius 3 is 2.56 bits per heavy atom. The normalized spacial score (nSPS) is 18.9. The molecule has 0 aliphatic carbocycles. The van der Waals surface area contributed by atoms with E-state index in [2.05, 4.69) is 15.1 Å². The maximum absolute atomic E-state index is 13.8. The van der Waals surface area contributed by atoms with Crippen molar-refractivity contribution in [2.45, 2.75) is 38.7 Å². The summed E-state index contributed by atoms with van der Waals surface area (Å²) in [6, 6.07) is 7.14. The minimum Gasteiger partial charge on any atom is -0.373 e. The van der Waals surface area contributed by atoms with Crippen molar-refractivity contribution in [2.75, 3.05) is 6.61 Å². The van der Waals surface area contributed by atoms with Gasteiger partial charge in [-0.3, -0.25) is 14.0 Å². The van der Waals surface area contributed by atoms with E-state index in [0.29, 0.717) is 47.1 Å². The van der Waals surface area contributed by atoms with E-state index in [1.54, 1.807) is 21.4 Å². The summed E-state index contributed by atoms with van der Waals surface area (Å²) in [7, 11) is 1.88. The first-order chi connectivity index (χ1) is 15.4. The highest BCUT2D eigenvalue weighted by Gasteiger charge is 2.30. The number of hydrogen-bond donors (Lipinski definition) is 0. The SMILES string of the molecule is Cc1nc2nc([C@H]3CCO[C@@H](c4cnn(C)c4)C3)c(=O)n(-c3ccc(Cl)cc3)c2nc1C. The van der Waals surface area contributed by atoms with Crippen LogP contribution in [0.15, 0.2) is 41.5 Å². The maximum Gasteiger partial charge on any atom is 0.278 e. The van der Waals surface area contributed by atoms with Gasteiger partial charge in [0.1, 0.15) is 5.69 Å². The Kier molecular flexibility index (Phi) is 5.27. The van der Waals surface area contributed by atoms with Crippen molar-refractivity contribution in [1.29, 1.82) is 0 Å². The molecule has 2 atom stereocenters. The fourth-order valence-electron chi connectivity index (χ4n) is 4.16. The molecule has 1 fully saturated rings. The number of aryl methyl sites for hydroxylation is 3. The molecule has 5 rings (SSSR count). The highest BCUT2D eigenvalue weighted by atomic mass is 35.5. The molecule has 0 saturated carbocycles. The number of halogens is 1. The Balaban J connectivity index is 1.66. The summed E-state index contributed by atoms with van der Waals surface area (Å²) in [4.78, 5) is 27.8. The van der Waals surface area contributed by atoms with Gasteiger partial charge in [0.15, 0.2) is 11.3 Å². The first-order valence-corrected chi connectivity index (χ1v) is 10.9. The number of rotatable bonds is 3. The zero-order valence-corrected chi connectivity index (χ0v) is 18.9. The van der Waals surface area contributed by atoms with E-state index >= 15 is 0 Å². The first-order valence-electron chi connectivity index (χ1n) is 10.5. The molecule has 0 radical (unpaired) electrons. The molecule has 4 aromatic rings. The van der Waals surface area contributed by atoms with Crippen LogP contribution in [0, 0.1) is 13.8 Å². The van der Waals surface area contributed by atoms with Gasteiger partial charge in [-0.15, -0.1) is 0 Å². The molecule has 0 spiro atoms. The van der Waals surface area contributed by atoms with Crippen molar-refractivity contribution in [3.8, 4) is 5.69 Å². The van der Waals surface area contributed by atoms with E-state index in [0.717, 1.165) is 17.0 Å². The smallest absolute Gasteiger partial charge is 0.278 e. The van der Waals surface area contributed by atoms with Crippen LogP contribution in [0.1, 0.15) is 47.5 Å². The van der Waals surface area contributed by atoms with Gasteiger partial charge in [-0.2, -0.15) is 5.10 Å². The third-order valence-electron chi connectivity index (χ3n) is 5.98. The largest absolute Gasteiger partial charge is 0.373 e. The van der Waals surface area contributed by atoms with E-state index in [1.807, 2.05) is 45.4 Å². The zero-order valence-electron chi connectivity index (χ0n) is 18.1. The lowest BCUT2D eigenvalue weighted by atomic mass is 9.90. The van der Waals surface area contributed by atoms with Gasteiger partial charge in [0.25, 0.3) is 5.56 Å². The summed E-state index contributed by atoms with van der Waals surface area (Å²) in [5, 5.41) is 4.85. The van der Waals surface area contributed by atoms with Crippen molar-refractivity contribution in [3.05, 3.63) is 74.7 Å². The average Bonchev–Trinajstić information content (AvgIpc) is 3.22. The quantitative estimate of drug-likeness (QED) is 0.471. The number of benzene rings is 1. The fraction of sp³-hybridized carbons (Fsp3) is 0.348. The van der Waals surface area contributed by atoms with E-state index in [4.69, 9.17) is 21.3 Å². The van der Waals surface area contributed by atoms with Crippen molar-refractivity contribution in [1.82, 2.24) is 29.3 Å². The first kappa shape index (κ1) is 20.8. The molecule has 164 valence electrons.